The number of amides is 2. The molecule has 58 heavy (non-hydrogen) atoms. The van der Waals surface area contributed by atoms with Crippen LogP contribution in [0.1, 0.15) is 42.7 Å². The Labute approximate surface area is 336 Å². The summed E-state index contributed by atoms with van der Waals surface area (Å²) in [5.74, 6) is 0.262. The van der Waals surface area contributed by atoms with E-state index in [1.54, 1.807) is 12.3 Å². The van der Waals surface area contributed by atoms with Gasteiger partial charge in [0.2, 0.25) is 27.8 Å². The van der Waals surface area contributed by atoms with Gasteiger partial charge < -0.3 is 35.9 Å². The minimum Gasteiger partial charge on any atom is -0.492 e. The highest BCUT2D eigenvalue weighted by Crippen LogP contribution is 2.39. The normalized spacial score (nSPS) is 17.4. The summed E-state index contributed by atoms with van der Waals surface area (Å²) in [6.07, 6.45) is 6.20. The number of hydrogen-bond donors (Lipinski definition) is 6. The molecule has 2 saturated heterocycles. The number of rotatable bonds is 15. The third-order valence-electron chi connectivity index (χ3n) is 10.8. The highest BCUT2D eigenvalue weighted by atomic mass is 32.2. The number of H-pyrrole nitrogens is 1. The van der Waals surface area contributed by atoms with Crippen LogP contribution in [0.15, 0.2) is 72.9 Å². The van der Waals surface area contributed by atoms with Crippen molar-refractivity contribution in [2.75, 3.05) is 72.0 Å². The van der Waals surface area contributed by atoms with E-state index in [0.717, 1.165) is 55.5 Å². The number of anilines is 6. The van der Waals surface area contributed by atoms with Crippen LogP contribution in [0.25, 0.3) is 11.0 Å². The van der Waals surface area contributed by atoms with Gasteiger partial charge in [-0.2, -0.15) is 9.97 Å². The first-order valence-corrected chi connectivity index (χ1v) is 21.5. The van der Waals surface area contributed by atoms with Gasteiger partial charge in [-0.1, -0.05) is 24.3 Å². The maximum atomic E-state index is 15.6. The molecule has 304 valence electrons. The second-order valence-corrected chi connectivity index (χ2v) is 16.7. The van der Waals surface area contributed by atoms with Gasteiger partial charge in [0.05, 0.1) is 34.6 Å². The van der Waals surface area contributed by atoms with Crippen LogP contribution in [0, 0.1) is 5.82 Å². The number of hydrogen-bond acceptors (Lipinski definition) is 12. The lowest BCUT2D eigenvalue weighted by atomic mass is 9.90. The van der Waals surface area contributed by atoms with Gasteiger partial charge in [0.25, 0.3) is 0 Å². The molecule has 0 bridgehead atoms. The lowest BCUT2D eigenvalue weighted by molar-refractivity contribution is -0.134. The summed E-state index contributed by atoms with van der Waals surface area (Å²) in [5, 5.41) is 16.6. The fourth-order valence-electron chi connectivity index (χ4n) is 7.93. The van der Waals surface area contributed by atoms with Crippen molar-refractivity contribution >= 4 is 67.4 Å². The first-order chi connectivity index (χ1) is 28.1. The number of nitrogens with one attached hydrogen (secondary N) is 6. The molecule has 0 spiro atoms. The number of piperidine rings is 2. The largest absolute Gasteiger partial charge is 0.492 e. The smallest absolute Gasteiger partial charge is 0.234 e. The molecular formula is C41H47FN10O5S. The van der Waals surface area contributed by atoms with E-state index in [9.17, 15) is 18.0 Å². The molecule has 0 saturated carbocycles. The maximum absolute atomic E-state index is 15.6. The van der Waals surface area contributed by atoms with E-state index >= 15 is 4.39 Å². The highest BCUT2D eigenvalue weighted by Gasteiger charge is 2.30. The molecule has 8 rings (SSSR count). The molecule has 0 aliphatic carbocycles. The molecule has 3 aliphatic rings. The van der Waals surface area contributed by atoms with Crippen molar-refractivity contribution in [1.82, 2.24) is 30.9 Å². The maximum Gasteiger partial charge on any atom is 0.234 e. The van der Waals surface area contributed by atoms with Crippen LogP contribution in [0.4, 0.5) is 38.9 Å². The van der Waals surface area contributed by atoms with Crippen molar-refractivity contribution in [1.29, 1.82) is 0 Å². The zero-order valence-corrected chi connectivity index (χ0v) is 33.0. The number of sulfonamides is 1. The quantitative estimate of drug-likeness (QED) is 0.0637. The third-order valence-corrected chi connectivity index (χ3v) is 12.0. The minimum absolute atomic E-state index is 0.226. The van der Waals surface area contributed by atoms with Gasteiger partial charge in [-0.15, -0.1) is 0 Å². The van der Waals surface area contributed by atoms with Gasteiger partial charge in [-0.25, -0.2) is 12.8 Å². The summed E-state index contributed by atoms with van der Waals surface area (Å²) >= 11 is 0. The lowest BCUT2D eigenvalue weighted by Gasteiger charge is -2.34. The van der Waals surface area contributed by atoms with Crippen LogP contribution >= 0.6 is 0 Å². The molecular weight excluding hydrogens is 764 g/mol. The van der Waals surface area contributed by atoms with Crippen molar-refractivity contribution in [2.45, 2.75) is 44.1 Å². The second kappa shape index (κ2) is 17.0. The van der Waals surface area contributed by atoms with Crippen molar-refractivity contribution in [2.24, 2.45) is 0 Å². The molecule has 2 fully saturated rings. The van der Waals surface area contributed by atoms with Gasteiger partial charge in [0, 0.05) is 63.6 Å². The first kappa shape index (κ1) is 39.1. The van der Waals surface area contributed by atoms with Crippen molar-refractivity contribution < 1.29 is 27.1 Å². The molecule has 6 N–H and O–H groups in total. The zero-order chi connectivity index (χ0) is 40.2. The van der Waals surface area contributed by atoms with Gasteiger partial charge in [-0.3, -0.25) is 19.2 Å². The molecule has 1 unspecified atom stereocenters. The van der Waals surface area contributed by atoms with Crippen LogP contribution < -0.4 is 40.5 Å². The molecule has 2 aromatic heterocycles. The van der Waals surface area contributed by atoms with Crippen molar-refractivity contribution in [3.63, 3.8) is 0 Å². The van der Waals surface area contributed by atoms with E-state index in [1.807, 2.05) is 54.6 Å². The van der Waals surface area contributed by atoms with Crippen LogP contribution in [0.2, 0.25) is 0 Å². The Hall–Kier alpha value is -5.78. The van der Waals surface area contributed by atoms with Crippen molar-refractivity contribution in [3.8, 4) is 5.75 Å². The summed E-state index contributed by atoms with van der Waals surface area (Å²) in [4.78, 5) is 38.2. The SMILES string of the molecule is CS(=O)(=O)N1CCc2cccc(Nc3nc(Nc4ccc(N5CCC(NCCNCCOc6cccc(C7CCC(=O)NC7=O)c6)CC5)c(F)c4)nc4[nH]ccc34)c21. The van der Waals surface area contributed by atoms with Crippen LogP contribution in [-0.4, -0.2) is 93.4 Å². The Kier molecular flexibility index (Phi) is 11.4. The standard InChI is InChI=1S/C41H47FN10O5S/c1-58(55,56)52-22-13-26-4-3-7-34(37(26)52)47-39-32-12-16-45-38(32)49-41(50-39)46-29-8-10-35(33(42)25-29)51-20-14-28(15-21-51)44-18-17-43-19-23-57-30-6-2-5-27(24-30)31-9-11-36(53)48-40(31)54/h2-8,10,12,16,24-25,28,31,43-44H,9,11,13-15,17-23H2,1H3,(H,48,53,54)(H3,45,46,47,49,50). The zero-order valence-electron chi connectivity index (χ0n) is 32.2. The van der Waals surface area contributed by atoms with Gasteiger partial charge in [0.15, 0.2) is 0 Å². The Bertz CT molecular complexity index is 2420. The lowest BCUT2D eigenvalue weighted by Crippen LogP contribution is -2.44. The summed E-state index contributed by atoms with van der Waals surface area (Å²) in [7, 11) is -3.47. The van der Waals surface area contributed by atoms with Crippen LogP contribution in [0.5, 0.6) is 5.75 Å². The van der Waals surface area contributed by atoms with E-state index in [2.05, 4.69) is 41.5 Å². The predicted octanol–water partition coefficient (Wildman–Crippen LogP) is 4.65. The number of fused-ring (bicyclic) bond motifs is 2. The summed E-state index contributed by atoms with van der Waals surface area (Å²) in [6.45, 7) is 4.55. The predicted molar refractivity (Wildman–Crippen MR) is 222 cm³/mol. The number of para-hydroxylation sites is 1. The first-order valence-electron chi connectivity index (χ1n) is 19.6. The Balaban J connectivity index is 0.793. The van der Waals surface area contributed by atoms with E-state index in [0.29, 0.717) is 85.0 Å². The third kappa shape index (κ3) is 8.85. The molecule has 2 amide bonds. The number of benzene rings is 3. The number of nitrogens with zero attached hydrogens (tertiary/aromatic N) is 4. The summed E-state index contributed by atoms with van der Waals surface area (Å²) in [5.41, 5.74) is 4.63. The number of aromatic amines is 1. The van der Waals surface area contributed by atoms with E-state index in [-0.39, 0.29) is 29.5 Å². The number of aromatic nitrogens is 3. The molecule has 3 aliphatic heterocycles. The van der Waals surface area contributed by atoms with Crippen molar-refractivity contribution in [3.05, 3.63) is 89.9 Å². The van der Waals surface area contributed by atoms with Gasteiger partial charge in [0.1, 0.15) is 29.6 Å². The van der Waals surface area contributed by atoms with Crippen LogP contribution in [0.3, 0.4) is 0 Å². The van der Waals surface area contributed by atoms with Crippen LogP contribution in [-0.2, 0) is 26.0 Å². The highest BCUT2D eigenvalue weighted by molar-refractivity contribution is 7.92. The van der Waals surface area contributed by atoms with Gasteiger partial charge in [-0.05, 0) is 79.3 Å². The monoisotopic (exact) mass is 810 g/mol. The number of imide groups is 1. The summed E-state index contributed by atoms with van der Waals surface area (Å²) in [6, 6.07) is 20.4. The number of halogens is 1. The minimum atomic E-state index is -3.47. The number of ether oxygens (including phenoxy) is 1. The van der Waals surface area contributed by atoms with E-state index < -0.39 is 10.0 Å². The number of carbonyl (C=O) groups is 2. The average molecular weight is 811 g/mol. The fourth-order valence-corrected chi connectivity index (χ4v) is 8.90. The molecule has 5 heterocycles. The van der Waals surface area contributed by atoms with E-state index in [4.69, 9.17) is 9.72 Å². The second-order valence-electron chi connectivity index (χ2n) is 14.8. The molecule has 3 aromatic carbocycles. The fraction of sp³-hybridized carbons (Fsp3) is 0.366. The Morgan fingerprint density at radius 1 is 0.914 bits per heavy atom. The summed E-state index contributed by atoms with van der Waals surface area (Å²) < 4.78 is 48.0. The topological polar surface area (TPSA) is 186 Å². The molecule has 17 heteroatoms. The Morgan fingerprint density at radius 2 is 1.76 bits per heavy atom. The van der Waals surface area contributed by atoms with Gasteiger partial charge >= 0.3 is 0 Å². The van der Waals surface area contributed by atoms with E-state index in [1.165, 1.54) is 16.6 Å². The number of carbonyl (C=O) groups excluding carboxylic acids is 2. The molecule has 5 aromatic rings. The molecule has 0 radical (unpaired) electrons. The average Bonchev–Trinajstić information content (AvgIpc) is 3.87. The molecule has 1 atom stereocenters. The molecule has 15 nitrogen and oxygen atoms in total. The Morgan fingerprint density at radius 3 is 2.57 bits per heavy atom.